The fourth-order valence-electron chi connectivity index (χ4n) is 1.45. The number of carbonyl (C=O) groups is 1. The highest BCUT2D eigenvalue weighted by Gasteiger charge is 2.13. The molecule has 92 valence electrons. The van der Waals surface area contributed by atoms with Crippen LogP contribution in [0.2, 0.25) is 0 Å². The van der Waals surface area contributed by atoms with Crippen molar-refractivity contribution in [3.05, 3.63) is 59.7 Å². The number of halogens is 2. The molecule has 0 fully saturated rings. The van der Waals surface area contributed by atoms with Crippen molar-refractivity contribution >= 4 is 11.6 Å². The Morgan fingerprint density at radius 3 is 2.61 bits per heavy atom. The number of aromatic hydroxyl groups is 1. The summed E-state index contributed by atoms with van der Waals surface area (Å²) in [4.78, 5) is 11.7. The molecule has 0 aliphatic rings. The van der Waals surface area contributed by atoms with E-state index in [2.05, 4.69) is 5.32 Å². The van der Waals surface area contributed by atoms with E-state index < -0.39 is 23.1 Å². The lowest BCUT2D eigenvalue weighted by Crippen LogP contribution is -2.14. The van der Waals surface area contributed by atoms with Crippen LogP contribution in [0.3, 0.4) is 0 Å². The molecule has 0 aromatic heterocycles. The Balaban J connectivity index is 2.24. The van der Waals surface area contributed by atoms with E-state index in [1.807, 2.05) is 0 Å². The summed E-state index contributed by atoms with van der Waals surface area (Å²) < 4.78 is 26.2. The molecule has 1 amide bonds. The van der Waals surface area contributed by atoms with Crippen LogP contribution in [-0.4, -0.2) is 11.0 Å². The monoisotopic (exact) mass is 249 g/mol. The second-order valence-corrected chi connectivity index (χ2v) is 3.63. The minimum Gasteiger partial charge on any atom is -0.508 e. The van der Waals surface area contributed by atoms with Gasteiger partial charge in [0.1, 0.15) is 17.4 Å². The molecule has 2 N–H and O–H groups in total. The van der Waals surface area contributed by atoms with Crippen molar-refractivity contribution in [2.45, 2.75) is 0 Å². The van der Waals surface area contributed by atoms with Crippen LogP contribution in [-0.2, 0) is 0 Å². The summed E-state index contributed by atoms with van der Waals surface area (Å²) in [6.07, 6.45) is 0. The Labute approximate surface area is 102 Å². The summed E-state index contributed by atoms with van der Waals surface area (Å²) in [6, 6.07) is 8.40. The van der Waals surface area contributed by atoms with Crippen molar-refractivity contribution in [1.82, 2.24) is 0 Å². The Hall–Kier alpha value is -2.43. The van der Waals surface area contributed by atoms with Gasteiger partial charge in [0.2, 0.25) is 0 Å². The fraction of sp³-hybridized carbons (Fsp3) is 0. The molecule has 0 spiro atoms. The summed E-state index contributed by atoms with van der Waals surface area (Å²) in [5, 5.41) is 11.6. The van der Waals surface area contributed by atoms with Gasteiger partial charge in [0.05, 0.1) is 5.56 Å². The Kier molecular flexibility index (Phi) is 3.23. The minimum atomic E-state index is -0.811. The average Bonchev–Trinajstić information content (AvgIpc) is 2.32. The van der Waals surface area contributed by atoms with Gasteiger partial charge in [-0.1, -0.05) is 6.07 Å². The van der Waals surface area contributed by atoms with Crippen LogP contribution in [0.15, 0.2) is 42.5 Å². The van der Waals surface area contributed by atoms with Gasteiger partial charge in [0.25, 0.3) is 5.91 Å². The SMILES string of the molecule is O=C(Nc1cccc(O)c1)c1cc(F)ccc1F. The smallest absolute Gasteiger partial charge is 0.258 e. The second kappa shape index (κ2) is 4.83. The van der Waals surface area contributed by atoms with Crippen LogP contribution < -0.4 is 5.32 Å². The van der Waals surface area contributed by atoms with E-state index in [1.165, 1.54) is 24.3 Å². The summed E-state index contributed by atoms with van der Waals surface area (Å²) in [7, 11) is 0. The van der Waals surface area contributed by atoms with Gasteiger partial charge in [-0.2, -0.15) is 0 Å². The zero-order valence-electron chi connectivity index (χ0n) is 9.15. The molecule has 0 saturated carbocycles. The lowest BCUT2D eigenvalue weighted by atomic mass is 10.2. The number of anilines is 1. The molecule has 0 aliphatic heterocycles. The molecule has 5 heteroatoms. The maximum Gasteiger partial charge on any atom is 0.258 e. The van der Waals surface area contributed by atoms with E-state index in [0.29, 0.717) is 5.69 Å². The third kappa shape index (κ3) is 2.63. The molecule has 0 radical (unpaired) electrons. The number of rotatable bonds is 2. The number of phenolic OH excluding ortho intramolecular Hbond substituents is 1. The number of nitrogens with one attached hydrogen (secondary N) is 1. The first-order valence-corrected chi connectivity index (χ1v) is 5.12. The Bertz CT molecular complexity index is 599. The van der Waals surface area contributed by atoms with Crippen molar-refractivity contribution in [3.63, 3.8) is 0 Å². The van der Waals surface area contributed by atoms with Crippen LogP contribution in [0.25, 0.3) is 0 Å². The van der Waals surface area contributed by atoms with Gasteiger partial charge in [-0.3, -0.25) is 4.79 Å². The third-order valence-corrected chi connectivity index (χ3v) is 2.28. The number of hydrogen-bond donors (Lipinski definition) is 2. The summed E-state index contributed by atoms with van der Waals surface area (Å²) >= 11 is 0. The first kappa shape index (κ1) is 12.0. The molecule has 2 rings (SSSR count). The Morgan fingerprint density at radius 1 is 1.11 bits per heavy atom. The molecule has 0 aliphatic carbocycles. The highest BCUT2D eigenvalue weighted by Crippen LogP contribution is 2.17. The van der Waals surface area contributed by atoms with E-state index in [-0.39, 0.29) is 5.75 Å². The Morgan fingerprint density at radius 2 is 1.89 bits per heavy atom. The van der Waals surface area contributed by atoms with E-state index in [0.717, 1.165) is 18.2 Å². The highest BCUT2D eigenvalue weighted by atomic mass is 19.1. The molecule has 18 heavy (non-hydrogen) atoms. The summed E-state index contributed by atoms with van der Waals surface area (Å²) in [5.74, 6) is -2.32. The minimum absolute atomic E-state index is 0.0347. The summed E-state index contributed by atoms with van der Waals surface area (Å²) in [5.41, 5.74) is -0.0954. The topological polar surface area (TPSA) is 49.3 Å². The van der Waals surface area contributed by atoms with Crippen LogP contribution >= 0.6 is 0 Å². The molecule has 0 heterocycles. The van der Waals surface area contributed by atoms with Crippen molar-refractivity contribution in [2.75, 3.05) is 5.32 Å². The van der Waals surface area contributed by atoms with E-state index in [9.17, 15) is 18.7 Å². The first-order valence-electron chi connectivity index (χ1n) is 5.12. The molecule has 0 unspecified atom stereocenters. The number of benzene rings is 2. The molecule has 0 bridgehead atoms. The molecule has 2 aromatic rings. The van der Waals surface area contributed by atoms with Gasteiger partial charge in [-0.15, -0.1) is 0 Å². The van der Waals surface area contributed by atoms with Gasteiger partial charge >= 0.3 is 0 Å². The van der Waals surface area contributed by atoms with E-state index in [1.54, 1.807) is 0 Å². The maximum atomic E-state index is 13.3. The van der Waals surface area contributed by atoms with E-state index >= 15 is 0 Å². The number of hydrogen-bond acceptors (Lipinski definition) is 2. The van der Waals surface area contributed by atoms with Crippen molar-refractivity contribution in [1.29, 1.82) is 0 Å². The lowest BCUT2D eigenvalue weighted by Gasteiger charge is -2.06. The van der Waals surface area contributed by atoms with Crippen LogP contribution in [0.5, 0.6) is 5.75 Å². The summed E-state index contributed by atoms with van der Waals surface area (Å²) in [6.45, 7) is 0. The van der Waals surface area contributed by atoms with Crippen LogP contribution in [0.1, 0.15) is 10.4 Å². The zero-order chi connectivity index (χ0) is 13.1. The number of amides is 1. The van der Waals surface area contributed by atoms with Crippen molar-refractivity contribution < 1.29 is 18.7 Å². The molecule has 0 saturated heterocycles. The van der Waals surface area contributed by atoms with Gasteiger partial charge in [0, 0.05) is 11.8 Å². The maximum absolute atomic E-state index is 13.3. The van der Waals surface area contributed by atoms with Crippen molar-refractivity contribution in [3.8, 4) is 5.75 Å². The quantitative estimate of drug-likeness (QED) is 0.859. The molecular weight excluding hydrogens is 240 g/mol. The highest BCUT2D eigenvalue weighted by molar-refractivity contribution is 6.04. The largest absolute Gasteiger partial charge is 0.508 e. The van der Waals surface area contributed by atoms with Gasteiger partial charge in [0.15, 0.2) is 0 Å². The van der Waals surface area contributed by atoms with Gasteiger partial charge in [-0.05, 0) is 30.3 Å². The normalized spacial score (nSPS) is 10.1. The predicted molar refractivity (Wildman–Crippen MR) is 62.4 cm³/mol. The standard InChI is InChI=1S/C13H9F2NO2/c14-8-4-5-12(15)11(6-8)13(18)16-9-2-1-3-10(17)7-9/h1-7,17H,(H,16,18). The van der Waals surface area contributed by atoms with Crippen LogP contribution in [0.4, 0.5) is 14.5 Å². The molecular formula is C13H9F2NO2. The average molecular weight is 249 g/mol. The lowest BCUT2D eigenvalue weighted by molar-refractivity contribution is 0.102. The fourth-order valence-corrected chi connectivity index (χ4v) is 1.45. The molecule has 3 nitrogen and oxygen atoms in total. The van der Waals surface area contributed by atoms with Crippen molar-refractivity contribution in [2.24, 2.45) is 0 Å². The zero-order valence-corrected chi connectivity index (χ0v) is 9.15. The first-order chi connectivity index (χ1) is 8.56. The number of carbonyl (C=O) groups excluding carboxylic acids is 1. The third-order valence-electron chi connectivity index (χ3n) is 2.28. The van der Waals surface area contributed by atoms with E-state index in [4.69, 9.17) is 0 Å². The predicted octanol–water partition coefficient (Wildman–Crippen LogP) is 2.92. The molecule has 2 aromatic carbocycles. The second-order valence-electron chi connectivity index (χ2n) is 3.63. The number of phenols is 1. The molecule has 0 atom stereocenters. The van der Waals surface area contributed by atoms with Crippen LogP contribution in [0, 0.1) is 11.6 Å². The van der Waals surface area contributed by atoms with Gasteiger partial charge in [-0.25, -0.2) is 8.78 Å². The van der Waals surface area contributed by atoms with Gasteiger partial charge < -0.3 is 10.4 Å².